The molecular formula is C10H14ClN. The predicted octanol–water partition coefficient (Wildman–Crippen LogP) is 2.54. The van der Waals surface area contributed by atoms with Gasteiger partial charge in [0.15, 0.2) is 0 Å². The van der Waals surface area contributed by atoms with Crippen LogP contribution in [0.1, 0.15) is 18.1 Å². The third-order valence-electron chi connectivity index (χ3n) is 1.92. The third kappa shape index (κ3) is 2.23. The summed E-state index contributed by atoms with van der Waals surface area (Å²) in [6.45, 7) is 4.03. The third-order valence-corrected chi connectivity index (χ3v) is 2.33. The Hall–Kier alpha value is -0.530. The van der Waals surface area contributed by atoms with E-state index in [1.54, 1.807) is 0 Å². The van der Waals surface area contributed by atoms with Gasteiger partial charge in [-0.3, -0.25) is 0 Å². The molecule has 0 saturated heterocycles. The van der Waals surface area contributed by atoms with Crippen molar-refractivity contribution in [1.29, 1.82) is 0 Å². The Morgan fingerprint density at radius 1 is 1.50 bits per heavy atom. The summed E-state index contributed by atoms with van der Waals surface area (Å²) >= 11 is 5.96. The molecule has 0 aliphatic heterocycles. The van der Waals surface area contributed by atoms with Crippen LogP contribution < -0.4 is 5.73 Å². The maximum absolute atomic E-state index is 5.96. The van der Waals surface area contributed by atoms with Crippen LogP contribution in [0.3, 0.4) is 0 Å². The number of benzene rings is 1. The topological polar surface area (TPSA) is 26.0 Å². The summed E-state index contributed by atoms with van der Waals surface area (Å²) in [7, 11) is 0. The van der Waals surface area contributed by atoms with Crippen molar-refractivity contribution in [3.8, 4) is 0 Å². The van der Waals surface area contributed by atoms with Crippen molar-refractivity contribution in [3.63, 3.8) is 0 Å². The number of hydrogen-bond donors (Lipinski definition) is 1. The van der Waals surface area contributed by atoms with E-state index in [-0.39, 0.29) is 6.04 Å². The van der Waals surface area contributed by atoms with Gasteiger partial charge in [0.05, 0.1) is 0 Å². The summed E-state index contributed by atoms with van der Waals surface area (Å²) in [5.41, 5.74) is 8.10. The van der Waals surface area contributed by atoms with Crippen molar-refractivity contribution in [3.05, 3.63) is 34.3 Å². The molecule has 2 heteroatoms. The summed E-state index contributed by atoms with van der Waals surface area (Å²) in [5.74, 6) is 0. The second kappa shape index (κ2) is 3.92. The lowest BCUT2D eigenvalue weighted by molar-refractivity contribution is 0.735. The van der Waals surface area contributed by atoms with Crippen LogP contribution >= 0.6 is 11.6 Å². The first-order valence-corrected chi connectivity index (χ1v) is 4.48. The molecule has 1 aromatic carbocycles. The van der Waals surface area contributed by atoms with Gasteiger partial charge in [0, 0.05) is 11.1 Å². The second-order valence-corrected chi connectivity index (χ2v) is 3.61. The first-order valence-electron chi connectivity index (χ1n) is 4.11. The van der Waals surface area contributed by atoms with Crippen LogP contribution in [0.4, 0.5) is 0 Å². The summed E-state index contributed by atoms with van der Waals surface area (Å²) in [4.78, 5) is 0. The molecular weight excluding hydrogens is 170 g/mol. The zero-order valence-electron chi connectivity index (χ0n) is 7.47. The van der Waals surface area contributed by atoms with E-state index in [0.29, 0.717) is 0 Å². The maximum Gasteiger partial charge on any atom is 0.0437 e. The molecule has 1 rings (SSSR count). The minimum absolute atomic E-state index is 0.196. The molecule has 0 radical (unpaired) electrons. The Morgan fingerprint density at radius 2 is 2.17 bits per heavy atom. The Labute approximate surface area is 78.5 Å². The molecule has 0 bridgehead atoms. The summed E-state index contributed by atoms with van der Waals surface area (Å²) < 4.78 is 0. The Kier molecular flexibility index (Phi) is 3.12. The zero-order valence-corrected chi connectivity index (χ0v) is 8.23. The van der Waals surface area contributed by atoms with E-state index in [9.17, 15) is 0 Å². The van der Waals surface area contributed by atoms with E-state index in [4.69, 9.17) is 17.3 Å². The largest absolute Gasteiger partial charge is 0.328 e. The van der Waals surface area contributed by atoms with E-state index in [0.717, 1.165) is 17.0 Å². The van der Waals surface area contributed by atoms with Crippen molar-refractivity contribution in [2.24, 2.45) is 5.73 Å². The molecule has 0 aliphatic rings. The van der Waals surface area contributed by atoms with Crippen LogP contribution in [-0.2, 0) is 6.42 Å². The van der Waals surface area contributed by atoms with Gasteiger partial charge in [-0.15, -0.1) is 0 Å². The molecule has 12 heavy (non-hydrogen) atoms. The van der Waals surface area contributed by atoms with Gasteiger partial charge in [-0.05, 0) is 37.5 Å². The van der Waals surface area contributed by atoms with Gasteiger partial charge in [-0.2, -0.15) is 0 Å². The van der Waals surface area contributed by atoms with E-state index in [2.05, 4.69) is 6.07 Å². The Bertz CT molecular complexity index is 269. The normalized spacial score (nSPS) is 13.0. The molecule has 0 fully saturated rings. The number of rotatable bonds is 2. The monoisotopic (exact) mass is 183 g/mol. The van der Waals surface area contributed by atoms with Crippen molar-refractivity contribution in [2.75, 3.05) is 0 Å². The smallest absolute Gasteiger partial charge is 0.0437 e. The van der Waals surface area contributed by atoms with Crippen LogP contribution in [0.2, 0.25) is 5.02 Å². The first kappa shape index (κ1) is 9.56. The second-order valence-electron chi connectivity index (χ2n) is 3.21. The molecule has 1 nitrogen and oxygen atoms in total. The van der Waals surface area contributed by atoms with Gasteiger partial charge < -0.3 is 5.73 Å². The highest BCUT2D eigenvalue weighted by molar-refractivity contribution is 6.31. The molecule has 66 valence electrons. The molecule has 1 aromatic rings. The summed E-state index contributed by atoms with van der Waals surface area (Å²) in [6.07, 6.45) is 0.895. The van der Waals surface area contributed by atoms with Crippen LogP contribution in [0.25, 0.3) is 0 Å². The number of hydrogen-bond acceptors (Lipinski definition) is 1. The average molecular weight is 184 g/mol. The minimum Gasteiger partial charge on any atom is -0.328 e. The molecule has 1 unspecified atom stereocenters. The quantitative estimate of drug-likeness (QED) is 0.750. The fraction of sp³-hybridized carbons (Fsp3) is 0.400. The standard InChI is InChI=1S/C10H14ClN/c1-7(12)6-9-4-3-5-10(11)8(9)2/h3-5,7H,6,12H2,1-2H3. The van der Waals surface area contributed by atoms with E-state index < -0.39 is 0 Å². The fourth-order valence-corrected chi connectivity index (χ4v) is 1.41. The van der Waals surface area contributed by atoms with Crippen LogP contribution in [0.5, 0.6) is 0 Å². The SMILES string of the molecule is Cc1c(Cl)cccc1CC(C)N. The lowest BCUT2D eigenvalue weighted by Crippen LogP contribution is -2.18. The lowest BCUT2D eigenvalue weighted by atomic mass is 10.0. The highest BCUT2D eigenvalue weighted by Crippen LogP contribution is 2.19. The predicted molar refractivity (Wildman–Crippen MR) is 53.5 cm³/mol. The van der Waals surface area contributed by atoms with E-state index in [1.807, 2.05) is 26.0 Å². The van der Waals surface area contributed by atoms with Gasteiger partial charge >= 0.3 is 0 Å². The first-order chi connectivity index (χ1) is 5.61. The molecule has 0 saturated carbocycles. The van der Waals surface area contributed by atoms with E-state index in [1.165, 1.54) is 5.56 Å². The number of halogens is 1. The van der Waals surface area contributed by atoms with Crippen molar-refractivity contribution in [1.82, 2.24) is 0 Å². The van der Waals surface area contributed by atoms with Gasteiger partial charge in [0.25, 0.3) is 0 Å². The molecule has 2 N–H and O–H groups in total. The highest BCUT2D eigenvalue weighted by atomic mass is 35.5. The Balaban J connectivity index is 2.92. The summed E-state index contributed by atoms with van der Waals surface area (Å²) in [5, 5.41) is 0.827. The fourth-order valence-electron chi connectivity index (χ4n) is 1.22. The maximum atomic E-state index is 5.96. The van der Waals surface area contributed by atoms with E-state index >= 15 is 0 Å². The van der Waals surface area contributed by atoms with Crippen LogP contribution in [-0.4, -0.2) is 6.04 Å². The van der Waals surface area contributed by atoms with Gasteiger partial charge in [0.1, 0.15) is 0 Å². The van der Waals surface area contributed by atoms with Crippen LogP contribution in [0, 0.1) is 6.92 Å². The Morgan fingerprint density at radius 3 is 2.75 bits per heavy atom. The number of nitrogens with two attached hydrogens (primary N) is 1. The van der Waals surface area contributed by atoms with Gasteiger partial charge in [0.2, 0.25) is 0 Å². The molecule has 0 heterocycles. The average Bonchev–Trinajstić information content (AvgIpc) is 1.98. The highest BCUT2D eigenvalue weighted by Gasteiger charge is 2.03. The van der Waals surface area contributed by atoms with Crippen LogP contribution in [0.15, 0.2) is 18.2 Å². The molecule has 0 spiro atoms. The van der Waals surface area contributed by atoms with Gasteiger partial charge in [-0.1, -0.05) is 23.7 Å². The van der Waals surface area contributed by atoms with Gasteiger partial charge in [-0.25, -0.2) is 0 Å². The van der Waals surface area contributed by atoms with Crippen molar-refractivity contribution < 1.29 is 0 Å². The molecule has 1 atom stereocenters. The molecule has 0 aromatic heterocycles. The zero-order chi connectivity index (χ0) is 9.14. The summed E-state index contributed by atoms with van der Waals surface area (Å²) in [6, 6.07) is 6.14. The molecule has 0 amide bonds. The van der Waals surface area contributed by atoms with Crippen molar-refractivity contribution >= 4 is 11.6 Å². The lowest BCUT2D eigenvalue weighted by Gasteiger charge is -2.09. The molecule has 0 aliphatic carbocycles. The van der Waals surface area contributed by atoms with Crippen molar-refractivity contribution in [2.45, 2.75) is 26.3 Å². The minimum atomic E-state index is 0.196.